The first-order chi connectivity index (χ1) is 26.8. The van der Waals surface area contributed by atoms with E-state index >= 15 is 0 Å². The molecule has 9 aromatic carbocycles. The topological polar surface area (TPSA) is 8.17 Å². The normalized spacial score (nSPS) is 11.7. The molecular formula is C52H34N2. The number of aromatic nitrogens is 1. The molecule has 0 aliphatic heterocycles. The van der Waals surface area contributed by atoms with E-state index < -0.39 is 0 Å². The van der Waals surface area contributed by atoms with E-state index in [1.54, 1.807) is 0 Å². The summed E-state index contributed by atoms with van der Waals surface area (Å²) in [5, 5.41) is 5.13. The van der Waals surface area contributed by atoms with Gasteiger partial charge in [0.2, 0.25) is 0 Å². The average molecular weight is 687 g/mol. The van der Waals surface area contributed by atoms with E-state index in [0.29, 0.717) is 0 Å². The Morgan fingerprint density at radius 2 is 0.870 bits per heavy atom. The molecule has 1 aliphatic rings. The maximum absolute atomic E-state index is 2.44. The summed E-state index contributed by atoms with van der Waals surface area (Å²) in [6.07, 6.45) is 0. The third kappa shape index (κ3) is 4.67. The summed E-state index contributed by atoms with van der Waals surface area (Å²) in [5.41, 5.74) is 17.0. The van der Waals surface area contributed by atoms with E-state index in [9.17, 15) is 0 Å². The number of nitrogens with zero attached hydrogens (tertiary/aromatic N) is 2. The summed E-state index contributed by atoms with van der Waals surface area (Å²) in [7, 11) is 0. The molecule has 0 bridgehead atoms. The Morgan fingerprint density at radius 3 is 1.61 bits per heavy atom. The van der Waals surface area contributed by atoms with Gasteiger partial charge in [-0.2, -0.15) is 0 Å². The highest BCUT2D eigenvalue weighted by molar-refractivity contribution is 6.23. The minimum absolute atomic E-state index is 1.10. The molecular weight excluding hydrogens is 653 g/mol. The molecule has 1 aromatic heterocycles. The van der Waals surface area contributed by atoms with Crippen LogP contribution in [0.2, 0.25) is 0 Å². The van der Waals surface area contributed by atoms with Crippen LogP contribution >= 0.6 is 0 Å². The van der Waals surface area contributed by atoms with E-state index in [0.717, 1.165) is 22.7 Å². The Bertz CT molecular complexity index is 3010. The van der Waals surface area contributed by atoms with Gasteiger partial charge in [0.15, 0.2) is 0 Å². The van der Waals surface area contributed by atoms with Crippen molar-refractivity contribution in [3.8, 4) is 50.2 Å². The van der Waals surface area contributed by atoms with E-state index in [2.05, 4.69) is 216 Å². The van der Waals surface area contributed by atoms with E-state index in [-0.39, 0.29) is 0 Å². The smallest absolute Gasteiger partial charge is 0.0547 e. The predicted molar refractivity (Wildman–Crippen MR) is 228 cm³/mol. The zero-order valence-electron chi connectivity index (χ0n) is 29.5. The van der Waals surface area contributed by atoms with E-state index in [1.165, 1.54) is 77.1 Å². The largest absolute Gasteiger partial charge is 0.311 e. The molecule has 0 N–H and O–H groups in total. The monoisotopic (exact) mass is 686 g/mol. The third-order valence-corrected chi connectivity index (χ3v) is 11.1. The summed E-state index contributed by atoms with van der Waals surface area (Å²) in [4.78, 5) is 2.33. The number of hydrogen-bond acceptors (Lipinski definition) is 1. The second kappa shape index (κ2) is 12.2. The highest BCUT2D eigenvalue weighted by Crippen LogP contribution is 2.51. The van der Waals surface area contributed by atoms with Gasteiger partial charge in [-0.1, -0.05) is 146 Å². The van der Waals surface area contributed by atoms with Crippen molar-refractivity contribution in [2.45, 2.75) is 0 Å². The molecule has 2 nitrogen and oxygen atoms in total. The number of hydrogen-bond donors (Lipinski definition) is 0. The van der Waals surface area contributed by atoms with Crippen LogP contribution in [0.3, 0.4) is 0 Å². The molecule has 0 radical (unpaired) electrons. The number of rotatable bonds is 5. The SMILES string of the molecule is c1ccc(-c2ccc(N(c3ccccc3)c3ccc(-n4c5ccccc5c5c6c(ccc54)-c4cccc5cccc(c45)-c4ccccc4-6)cc3)cc2)cc1. The van der Waals surface area contributed by atoms with Crippen molar-refractivity contribution >= 4 is 49.6 Å². The van der Waals surface area contributed by atoms with Crippen LogP contribution in [-0.2, 0) is 0 Å². The first-order valence-electron chi connectivity index (χ1n) is 18.6. The minimum atomic E-state index is 1.10. The molecule has 0 saturated heterocycles. The first kappa shape index (κ1) is 30.5. The number of anilines is 3. The standard InChI is InChI=1S/C52H34N2/c1-3-13-35(14-4-1)36-25-27-39(28-26-36)53(38-17-5-2-6-18-38)40-29-31-41(32-30-40)54-48-24-10-9-21-47(48)52-49(54)34-33-46-45-23-12-16-37-15-11-22-43(50(37)45)42-19-7-8-20-44(42)51(46)52/h1-34H. The zero-order chi connectivity index (χ0) is 35.6. The molecule has 2 heteroatoms. The van der Waals surface area contributed by atoms with Crippen LogP contribution in [0.4, 0.5) is 17.1 Å². The van der Waals surface area contributed by atoms with Gasteiger partial charge < -0.3 is 9.47 Å². The number of fused-ring (bicyclic) bond motifs is 9. The lowest BCUT2D eigenvalue weighted by Gasteiger charge is -2.26. The quantitative estimate of drug-likeness (QED) is 0.175. The lowest BCUT2D eigenvalue weighted by Crippen LogP contribution is -2.10. The summed E-state index contributed by atoms with van der Waals surface area (Å²) in [6.45, 7) is 0. The molecule has 0 saturated carbocycles. The molecule has 0 fully saturated rings. The van der Waals surface area contributed by atoms with Gasteiger partial charge in [0, 0.05) is 39.1 Å². The van der Waals surface area contributed by atoms with Gasteiger partial charge in [0.05, 0.1) is 11.0 Å². The molecule has 0 spiro atoms. The molecule has 10 aromatic rings. The highest BCUT2D eigenvalue weighted by Gasteiger charge is 2.26. The Balaban J connectivity index is 1.09. The van der Waals surface area contributed by atoms with Gasteiger partial charge in [-0.3, -0.25) is 0 Å². The number of para-hydroxylation sites is 2. The molecule has 1 aliphatic carbocycles. The fraction of sp³-hybridized carbons (Fsp3) is 0. The van der Waals surface area contributed by atoms with Crippen molar-refractivity contribution in [1.29, 1.82) is 0 Å². The van der Waals surface area contributed by atoms with Crippen molar-refractivity contribution in [2.75, 3.05) is 4.90 Å². The molecule has 0 atom stereocenters. The van der Waals surface area contributed by atoms with Crippen molar-refractivity contribution in [2.24, 2.45) is 0 Å². The second-order valence-electron chi connectivity index (χ2n) is 14.1. The average Bonchev–Trinajstić information content (AvgIpc) is 3.52. The molecule has 11 rings (SSSR count). The van der Waals surface area contributed by atoms with Crippen LogP contribution in [0, 0.1) is 0 Å². The summed E-state index contributed by atoms with van der Waals surface area (Å²) < 4.78 is 2.44. The van der Waals surface area contributed by atoms with Gasteiger partial charge >= 0.3 is 0 Å². The molecule has 54 heavy (non-hydrogen) atoms. The number of benzene rings is 9. The molecule has 1 heterocycles. The summed E-state index contributed by atoms with van der Waals surface area (Å²) in [6, 6.07) is 75.1. The van der Waals surface area contributed by atoms with E-state index in [1.807, 2.05) is 0 Å². The van der Waals surface area contributed by atoms with Gasteiger partial charge in [0.25, 0.3) is 0 Å². The molecule has 0 amide bonds. The van der Waals surface area contributed by atoms with Crippen LogP contribution < -0.4 is 4.90 Å². The maximum Gasteiger partial charge on any atom is 0.0547 e. The minimum Gasteiger partial charge on any atom is -0.311 e. The molecule has 252 valence electrons. The third-order valence-electron chi connectivity index (χ3n) is 11.1. The van der Waals surface area contributed by atoms with Crippen molar-refractivity contribution < 1.29 is 0 Å². The van der Waals surface area contributed by atoms with Gasteiger partial charge in [-0.25, -0.2) is 0 Å². The molecule has 0 unspecified atom stereocenters. The van der Waals surface area contributed by atoms with E-state index in [4.69, 9.17) is 0 Å². The fourth-order valence-electron chi connectivity index (χ4n) is 8.78. The van der Waals surface area contributed by atoms with Gasteiger partial charge in [-0.15, -0.1) is 0 Å². The second-order valence-corrected chi connectivity index (χ2v) is 14.1. The predicted octanol–water partition coefficient (Wildman–Crippen LogP) is 14.4. The Labute approximate surface area is 314 Å². The fourth-order valence-corrected chi connectivity index (χ4v) is 8.78. The van der Waals surface area contributed by atoms with Crippen LogP contribution in [0.25, 0.3) is 82.8 Å². The highest BCUT2D eigenvalue weighted by atomic mass is 15.1. The summed E-state index contributed by atoms with van der Waals surface area (Å²) >= 11 is 0. The summed E-state index contributed by atoms with van der Waals surface area (Å²) in [5.74, 6) is 0. The lowest BCUT2D eigenvalue weighted by atomic mass is 9.90. The Morgan fingerprint density at radius 1 is 0.315 bits per heavy atom. The Hall–Kier alpha value is -7.16. The van der Waals surface area contributed by atoms with Crippen molar-refractivity contribution in [1.82, 2.24) is 4.57 Å². The van der Waals surface area contributed by atoms with Crippen LogP contribution in [0.1, 0.15) is 0 Å². The lowest BCUT2D eigenvalue weighted by molar-refractivity contribution is 1.17. The van der Waals surface area contributed by atoms with Crippen molar-refractivity contribution in [3.63, 3.8) is 0 Å². The van der Waals surface area contributed by atoms with Crippen molar-refractivity contribution in [3.05, 3.63) is 206 Å². The maximum atomic E-state index is 2.44. The van der Waals surface area contributed by atoms with Gasteiger partial charge in [0.1, 0.15) is 0 Å². The zero-order valence-corrected chi connectivity index (χ0v) is 29.5. The van der Waals surface area contributed by atoms with Crippen LogP contribution in [0.15, 0.2) is 206 Å². The Kier molecular flexibility index (Phi) is 6.90. The first-order valence-corrected chi connectivity index (χ1v) is 18.6. The van der Waals surface area contributed by atoms with Crippen LogP contribution in [0.5, 0.6) is 0 Å². The van der Waals surface area contributed by atoms with Gasteiger partial charge in [-0.05, 0) is 110 Å². The van der Waals surface area contributed by atoms with Crippen LogP contribution in [-0.4, -0.2) is 4.57 Å².